The van der Waals surface area contributed by atoms with E-state index in [1.807, 2.05) is 0 Å². The summed E-state index contributed by atoms with van der Waals surface area (Å²) in [5.41, 5.74) is 0. The summed E-state index contributed by atoms with van der Waals surface area (Å²) in [4.78, 5) is 10.7. The van der Waals surface area contributed by atoms with E-state index >= 15 is 0 Å². The molecular formula is C7H10O3S. The highest BCUT2D eigenvalue weighted by atomic mass is 32.2. The van der Waals surface area contributed by atoms with E-state index < -0.39 is 5.97 Å². The van der Waals surface area contributed by atoms with E-state index in [1.165, 1.54) is 0 Å². The van der Waals surface area contributed by atoms with E-state index in [1.54, 1.807) is 11.8 Å². The molecular weight excluding hydrogens is 164 g/mol. The number of hydrogen-bond donors (Lipinski definition) is 1. The van der Waals surface area contributed by atoms with Crippen LogP contribution < -0.4 is 0 Å². The zero-order valence-electron chi connectivity index (χ0n) is 6.08. The van der Waals surface area contributed by atoms with Gasteiger partial charge >= 0.3 is 5.97 Å². The molecule has 2 aliphatic heterocycles. The molecule has 0 radical (unpaired) electrons. The Balaban J connectivity index is 2.13. The predicted molar refractivity (Wildman–Crippen MR) is 41.8 cm³/mol. The van der Waals surface area contributed by atoms with Gasteiger partial charge in [-0.3, -0.25) is 4.79 Å². The van der Waals surface area contributed by atoms with Gasteiger partial charge in [0.15, 0.2) is 0 Å². The average Bonchev–Trinajstić information content (AvgIpc) is 2.27. The van der Waals surface area contributed by atoms with Crippen LogP contribution in [0, 0.1) is 5.92 Å². The van der Waals surface area contributed by atoms with Gasteiger partial charge in [0.2, 0.25) is 0 Å². The van der Waals surface area contributed by atoms with Crippen LogP contribution in [-0.2, 0) is 9.53 Å². The van der Waals surface area contributed by atoms with Gasteiger partial charge in [-0.1, -0.05) is 0 Å². The molecule has 1 spiro atoms. The van der Waals surface area contributed by atoms with Crippen LogP contribution in [0.15, 0.2) is 0 Å². The summed E-state index contributed by atoms with van der Waals surface area (Å²) in [6, 6.07) is 0. The van der Waals surface area contributed by atoms with Crippen molar-refractivity contribution in [2.45, 2.75) is 11.2 Å². The van der Waals surface area contributed by atoms with E-state index in [0.29, 0.717) is 13.2 Å². The molecule has 3 nitrogen and oxygen atoms in total. The maximum Gasteiger partial charge on any atom is 0.308 e. The fourth-order valence-corrected chi connectivity index (χ4v) is 3.19. The monoisotopic (exact) mass is 174 g/mol. The SMILES string of the molecule is O=C(O)C1CCSC12COC2. The van der Waals surface area contributed by atoms with Crippen molar-refractivity contribution in [2.24, 2.45) is 5.92 Å². The molecule has 2 saturated heterocycles. The Bertz CT molecular complexity index is 188. The van der Waals surface area contributed by atoms with E-state index in [0.717, 1.165) is 12.2 Å². The highest BCUT2D eigenvalue weighted by Crippen LogP contribution is 2.47. The molecule has 1 atom stereocenters. The summed E-state index contributed by atoms with van der Waals surface area (Å²) < 4.78 is 5.01. The topological polar surface area (TPSA) is 46.5 Å². The number of ether oxygens (including phenoxy) is 1. The van der Waals surface area contributed by atoms with Gasteiger partial charge in [-0.2, -0.15) is 0 Å². The van der Waals surface area contributed by atoms with Crippen LogP contribution in [0.2, 0.25) is 0 Å². The van der Waals surface area contributed by atoms with Crippen LogP contribution in [-0.4, -0.2) is 34.8 Å². The molecule has 0 aromatic rings. The summed E-state index contributed by atoms with van der Waals surface area (Å²) in [5, 5.41) is 8.84. The first kappa shape index (κ1) is 7.43. The van der Waals surface area contributed by atoms with E-state index in [-0.39, 0.29) is 10.7 Å². The Kier molecular flexibility index (Phi) is 1.61. The van der Waals surface area contributed by atoms with Crippen molar-refractivity contribution in [3.05, 3.63) is 0 Å². The minimum absolute atomic E-state index is 0.0498. The molecule has 4 heteroatoms. The lowest BCUT2D eigenvalue weighted by atomic mass is 9.88. The molecule has 0 aromatic heterocycles. The Morgan fingerprint density at radius 2 is 2.36 bits per heavy atom. The summed E-state index contributed by atoms with van der Waals surface area (Å²) in [6.45, 7) is 1.27. The van der Waals surface area contributed by atoms with Gasteiger partial charge in [0.25, 0.3) is 0 Å². The Hall–Kier alpha value is -0.220. The Morgan fingerprint density at radius 3 is 2.73 bits per heavy atom. The molecule has 2 fully saturated rings. The lowest BCUT2D eigenvalue weighted by Crippen LogP contribution is -2.52. The summed E-state index contributed by atoms with van der Waals surface area (Å²) in [5.74, 6) is 0.153. The summed E-state index contributed by atoms with van der Waals surface area (Å²) >= 11 is 1.76. The van der Waals surface area contributed by atoms with Gasteiger partial charge in [0, 0.05) is 0 Å². The van der Waals surface area contributed by atoms with Crippen LogP contribution in [0.4, 0.5) is 0 Å². The molecule has 0 bridgehead atoms. The van der Waals surface area contributed by atoms with Crippen molar-refractivity contribution >= 4 is 17.7 Å². The first-order chi connectivity index (χ1) is 5.25. The summed E-state index contributed by atoms with van der Waals surface area (Å²) in [7, 11) is 0. The van der Waals surface area contributed by atoms with Crippen LogP contribution in [0.1, 0.15) is 6.42 Å². The second kappa shape index (κ2) is 2.38. The van der Waals surface area contributed by atoms with Crippen LogP contribution in [0.5, 0.6) is 0 Å². The van der Waals surface area contributed by atoms with Gasteiger partial charge < -0.3 is 9.84 Å². The lowest BCUT2D eigenvalue weighted by Gasteiger charge is -2.40. The first-order valence-electron chi connectivity index (χ1n) is 3.69. The zero-order valence-corrected chi connectivity index (χ0v) is 6.89. The van der Waals surface area contributed by atoms with Gasteiger partial charge in [-0.05, 0) is 12.2 Å². The highest BCUT2D eigenvalue weighted by Gasteiger charge is 2.52. The van der Waals surface area contributed by atoms with Crippen molar-refractivity contribution in [2.75, 3.05) is 19.0 Å². The van der Waals surface area contributed by atoms with Gasteiger partial charge in [0.1, 0.15) is 0 Å². The predicted octanol–water partition coefficient (Wildman–Crippen LogP) is 0.593. The molecule has 2 heterocycles. The number of aliphatic carboxylic acids is 1. The van der Waals surface area contributed by atoms with E-state index in [2.05, 4.69) is 0 Å². The third-order valence-electron chi connectivity index (χ3n) is 2.42. The number of hydrogen-bond acceptors (Lipinski definition) is 3. The second-order valence-electron chi connectivity index (χ2n) is 3.09. The quantitative estimate of drug-likeness (QED) is 0.632. The maximum absolute atomic E-state index is 10.7. The molecule has 1 unspecified atom stereocenters. The molecule has 11 heavy (non-hydrogen) atoms. The van der Waals surface area contributed by atoms with Crippen molar-refractivity contribution < 1.29 is 14.6 Å². The van der Waals surface area contributed by atoms with Crippen LogP contribution in [0.3, 0.4) is 0 Å². The number of rotatable bonds is 1. The molecule has 0 aliphatic carbocycles. The Labute approximate surface area is 69.1 Å². The fraction of sp³-hybridized carbons (Fsp3) is 0.857. The number of carboxylic acid groups (broad SMARTS) is 1. The lowest BCUT2D eigenvalue weighted by molar-refractivity contribution is -0.148. The van der Waals surface area contributed by atoms with Crippen LogP contribution >= 0.6 is 11.8 Å². The molecule has 2 rings (SSSR count). The minimum Gasteiger partial charge on any atom is -0.481 e. The smallest absolute Gasteiger partial charge is 0.308 e. The second-order valence-corrected chi connectivity index (χ2v) is 4.60. The number of carboxylic acids is 1. The average molecular weight is 174 g/mol. The third kappa shape index (κ3) is 0.964. The van der Waals surface area contributed by atoms with Crippen molar-refractivity contribution in [1.82, 2.24) is 0 Å². The molecule has 62 valence electrons. The van der Waals surface area contributed by atoms with Gasteiger partial charge in [-0.25, -0.2) is 0 Å². The normalized spacial score (nSPS) is 33.6. The molecule has 0 saturated carbocycles. The first-order valence-corrected chi connectivity index (χ1v) is 4.68. The molecule has 0 aromatic carbocycles. The fourth-order valence-electron chi connectivity index (χ4n) is 1.68. The minimum atomic E-state index is -0.654. The number of thioether (sulfide) groups is 1. The van der Waals surface area contributed by atoms with Crippen molar-refractivity contribution in [3.8, 4) is 0 Å². The number of carbonyl (C=O) groups is 1. The largest absolute Gasteiger partial charge is 0.481 e. The maximum atomic E-state index is 10.7. The van der Waals surface area contributed by atoms with Crippen molar-refractivity contribution in [3.63, 3.8) is 0 Å². The molecule has 1 N–H and O–H groups in total. The van der Waals surface area contributed by atoms with Crippen molar-refractivity contribution in [1.29, 1.82) is 0 Å². The van der Waals surface area contributed by atoms with Gasteiger partial charge in [-0.15, -0.1) is 11.8 Å². The zero-order chi connectivity index (χ0) is 7.90. The third-order valence-corrected chi connectivity index (χ3v) is 3.96. The highest BCUT2D eigenvalue weighted by molar-refractivity contribution is 8.01. The molecule has 2 aliphatic rings. The van der Waals surface area contributed by atoms with E-state index in [9.17, 15) is 4.79 Å². The Morgan fingerprint density at radius 1 is 1.64 bits per heavy atom. The summed E-state index contributed by atoms with van der Waals surface area (Å²) in [6.07, 6.45) is 0.809. The van der Waals surface area contributed by atoms with Crippen LogP contribution in [0.25, 0.3) is 0 Å². The van der Waals surface area contributed by atoms with E-state index in [4.69, 9.17) is 9.84 Å². The molecule has 0 amide bonds. The van der Waals surface area contributed by atoms with Gasteiger partial charge in [0.05, 0.1) is 23.9 Å². The standard InChI is InChI=1S/C7H10O3S/c8-6(9)5-1-2-11-7(5)3-10-4-7/h5H,1-4H2,(H,8,9).